The molecule has 106 valence electrons. The van der Waals surface area contributed by atoms with Crippen molar-refractivity contribution < 1.29 is 0 Å². The van der Waals surface area contributed by atoms with E-state index in [4.69, 9.17) is 17.3 Å². The fourth-order valence-corrected chi connectivity index (χ4v) is 3.10. The summed E-state index contributed by atoms with van der Waals surface area (Å²) in [6, 6.07) is 13.7. The van der Waals surface area contributed by atoms with E-state index < -0.39 is 0 Å². The number of benzene rings is 2. The highest BCUT2D eigenvalue weighted by Crippen LogP contribution is 2.39. The molecule has 0 fully saturated rings. The van der Waals surface area contributed by atoms with Gasteiger partial charge < -0.3 is 5.73 Å². The standard InChI is InChI=1S/C16H13BrClN3/c1-9-8-10(17)6-7-11(9)15-14(16(19)21-20-15)12-4-2-3-5-13(12)18/h2-8H,1H3,(H3,19,20,21). The van der Waals surface area contributed by atoms with Crippen LogP contribution in [0.5, 0.6) is 0 Å². The van der Waals surface area contributed by atoms with Crippen molar-refractivity contribution in [2.75, 3.05) is 5.73 Å². The molecule has 5 heteroatoms. The zero-order valence-corrected chi connectivity index (χ0v) is 13.7. The summed E-state index contributed by atoms with van der Waals surface area (Å²) >= 11 is 9.78. The number of aromatic nitrogens is 2. The number of hydrogen-bond donors (Lipinski definition) is 2. The number of H-pyrrole nitrogens is 1. The van der Waals surface area contributed by atoms with Gasteiger partial charge in [0.25, 0.3) is 0 Å². The Hall–Kier alpha value is -1.78. The summed E-state index contributed by atoms with van der Waals surface area (Å²) in [6.45, 7) is 2.05. The molecule has 3 nitrogen and oxygen atoms in total. The largest absolute Gasteiger partial charge is 0.382 e. The highest BCUT2D eigenvalue weighted by atomic mass is 79.9. The molecule has 0 spiro atoms. The van der Waals surface area contributed by atoms with Gasteiger partial charge in [0.2, 0.25) is 0 Å². The first kappa shape index (κ1) is 14.2. The maximum absolute atomic E-state index is 6.31. The normalized spacial score (nSPS) is 10.8. The summed E-state index contributed by atoms with van der Waals surface area (Å²) in [5.41, 5.74) is 10.8. The fourth-order valence-electron chi connectivity index (χ4n) is 2.40. The van der Waals surface area contributed by atoms with Gasteiger partial charge in [-0.1, -0.05) is 51.8 Å². The molecule has 3 N–H and O–H groups in total. The molecule has 1 heterocycles. The number of nitrogens with one attached hydrogen (secondary N) is 1. The van der Waals surface area contributed by atoms with E-state index >= 15 is 0 Å². The SMILES string of the molecule is Cc1cc(Br)ccc1-c1[nH]nc(N)c1-c1ccccc1Cl. The van der Waals surface area contributed by atoms with Crippen molar-refractivity contribution in [2.45, 2.75) is 6.92 Å². The first-order chi connectivity index (χ1) is 10.1. The maximum Gasteiger partial charge on any atom is 0.153 e. The Labute approximate surface area is 136 Å². The number of hydrogen-bond acceptors (Lipinski definition) is 2. The predicted molar refractivity (Wildman–Crippen MR) is 91.3 cm³/mol. The van der Waals surface area contributed by atoms with Crippen LogP contribution < -0.4 is 5.73 Å². The summed E-state index contributed by atoms with van der Waals surface area (Å²) < 4.78 is 1.04. The van der Waals surface area contributed by atoms with Gasteiger partial charge in [-0.25, -0.2) is 0 Å². The number of nitrogen functional groups attached to an aromatic ring is 1. The zero-order chi connectivity index (χ0) is 15.0. The Morgan fingerprint density at radius 1 is 1.14 bits per heavy atom. The second-order valence-corrected chi connectivity index (χ2v) is 6.12. The van der Waals surface area contributed by atoms with Crippen LogP contribution in [0.3, 0.4) is 0 Å². The number of halogens is 2. The quantitative estimate of drug-likeness (QED) is 0.670. The van der Waals surface area contributed by atoms with E-state index in [1.54, 1.807) is 0 Å². The average molecular weight is 363 g/mol. The summed E-state index contributed by atoms with van der Waals surface area (Å²) in [4.78, 5) is 0. The van der Waals surface area contributed by atoms with Crippen LogP contribution in [0.15, 0.2) is 46.9 Å². The Morgan fingerprint density at radius 2 is 1.90 bits per heavy atom. The van der Waals surface area contributed by atoms with Crippen molar-refractivity contribution in [3.8, 4) is 22.4 Å². The van der Waals surface area contributed by atoms with E-state index in [2.05, 4.69) is 32.2 Å². The molecule has 0 bridgehead atoms. The monoisotopic (exact) mass is 361 g/mol. The van der Waals surface area contributed by atoms with E-state index in [0.717, 1.165) is 32.4 Å². The average Bonchev–Trinajstić information content (AvgIpc) is 2.81. The minimum atomic E-state index is 0.445. The fraction of sp³-hybridized carbons (Fsp3) is 0.0625. The van der Waals surface area contributed by atoms with E-state index in [1.807, 2.05) is 43.3 Å². The second kappa shape index (κ2) is 5.54. The number of aryl methyl sites for hydroxylation is 1. The Morgan fingerprint density at radius 3 is 2.62 bits per heavy atom. The third kappa shape index (κ3) is 2.57. The van der Waals surface area contributed by atoms with Crippen LogP contribution in [0, 0.1) is 6.92 Å². The lowest BCUT2D eigenvalue weighted by Gasteiger charge is -2.09. The lowest BCUT2D eigenvalue weighted by Crippen LogP contribution is -1.90. The van der Waals surface area contributed by atoms with Crippen molar-refractivity contribution in [3.63, 3.8) is 0 Å². The number of rotatable bonds is 2. The van der Waals surface area contributed by atoms with Gasteiger partial charge in [-0.2, -0.15) is 5.10 Å². The summed E-state index contributed by atoms with van der Waals surface area (Å²) in [5, 5.41) is 7.84. The van der Waals surface area contributed by atoms with Gasteiger partial charge in [-0.05, 0) is 30.7 Å². The first-order valence-corrected chi connectivity index (χ1v) is 7.60. The molecule has 0 amide bonds. The second-order valence-electron chi connectivity index (χ2n) is 4.80. The number of anilines is 1. The Bertz CT molecular complexity index is 811. The van der Waals surface area contributed by atoms with E-state index in [0.29, 0.717) is 10.8 Å². The Kier molecular flexibility index (Phi) is 3.74. The molecule has 0 atom stereocenters. The van der Waals surface area contributed by atoms with Crippen molar-refractivity contribution >= 4 is 33.3 Å². The molecular formula is C16H13BrClN3. The van der Waals surface area contributed by atoms with Crippen LogP contribution in [-0.4, -0.2) is 10.2 Å². The van der Waals surface area contributed by atoms with Crippen molar-refractivity contribution in [2.24, 2.45) is 0 Å². The minimum absolute atomic E-state index is 0.445. The number of aromatic amines is 1. The molecule has 0 radical (unpaired) electrons. The van der Waals surface area contributed by atoms with Crippen LogP contribution in [0.4, 0.5) is 5.82 Å². The summed E-state index contributed by atoms with van der Waals surface area (Å²) in [5.74, 6) is 0.445. The van der Waals surface area contributed by atoms with E-state index in [9.17, 15) is 0 Å². The lowest BCUT2D eigenvalue weighted by molar-refractivity contribution is 1.10. The van der Waals surface area contributed by atoms with Gasteiger partial charge in [0, 0.05) is 20.6 Å². The van der Waals surface area contributed by atoms with Gasteiger partial charge >= 0.3 is 0 Å². The van der Waals surface area contributed by atoms with E-state index in [-0.39, 0.29) is 0 Å². The van der Waals surface area contributed by atoms with Crippen LogP contribution in [0.2, 0.25) is 5.02 Å². The predicted octanol–water partition coefficient (Wildman–Crippen LogP) is 5.05. The molecule has 0 aliphatic carbocycles. The summed E-state index contributed by atoms with van der Waals surface area (Å²) in [7, 11) is 0. The third-order valence-electron chi connectivity index (χ3n) is 3.40. The first-order valence-electron chi connectivity index (χ1n) is 6.43. The van der Waals surface area contributed by atoms with Crippen molar-refractivity contribution in [1.29, 1.82) is 0 Å². The number of nitrogens with zero attached hydrogens (tertiary/aromatic N) is 1. The van der Waals surface area contributed by atoms with Crippen LogP contribution in [0.25, 0.3) is 22.4 Å². The minimum Gasteiger partial charge on any atom is -0.382 e. The molecule has 3 rings (SSSR count). The van der Waals surface area contributed by atoms with Gasteiger partial charge in [-0.3, -0.25) is 5.10 Å². The molecule has 21 heavy (non-hydrogen) atoms. The van der Waals surface area contributed by atoms with Crippen LogP contribution in [0.1, 0.15) is 5.56 Å². The molecule has 0 saturated heterocycles. The molecule has 2 aromatic carbocycles. The van der Waals surface area contributed by atoms with Crippen LogP contribution >= 0.6 is 27.5 Å². The van der Waals surface area contributed by atoms with Gasteiger partial charge in [0.05, 0.1) is 11.3 Å². The smallest absolute Gasteiger partial charge is 0.153 e. The molecule has 0 aliphatic heterocycles. The van der Waals surface area contributed by atoms with Gasteiger partial charge in [0.1, 0.15) is 0 Å². The summed E-state index contributed by atoms with van der Waals surface area (Å²) in [6.07, 6.45) is 0. The third-order valence-corrected chi connectivity index (χ3v) is 4.22. The highest BCUT2D eigenvalue weighted by Gasteiger charge is 2.18. The van der Waals surface area contributed by atoms with Crippen LogP contribution in [-0.2, 0) is 0 Å². The maximum atomic E-state index is 6.31. The zero-order valence-electron chi connectivity index (χ0n) is 11.3. The molecule has 0 saturated carbocycles. The lowest BCUT2D eigenvalue weighted by atomic mass is 9.98. The molecule has 3 aromatic rings. The van der Waals surface area contributed by atoms with Gasteiger partial charge in [0.15, 0.2) is 5.82 Å². The molecule has 0 unspecified atom stereocenters. The topological polar surface area (TPSA) is 54.7 Å². The molecular weight excluding hydrogens is 350 g/mol. The Balaban J connectivity index is 2.25. The highest BCUT2D eigenvalue weighted by molar-refractivity contribution is 9.10. The van der Waals surface area contributed by atoms with Crippen molar-refractivity contribution in [3.05, 3.63) is 57.5 Å². The molecule has 1 aromatic heterocycles. The number of nitrogens with two attached hydrogens (primary N) is 1. The van der Waals surface area contributed by atoms with E-state index in [1.165, 1.54) is 0 Å². The van der Waals surface area contributed by atoms with Gasteiger partial charge in [-0.15, -0.1) is 0 Å². The molecule has 0 aliphatic rings. The van der Waals surface area contributed by atoms with Crippen molar-refractivity contribution in [1.82, 2.24) is 10.2 Å².